The smallest absolute Gasteiger partial charge is 0.215 e. The number of allylic oxidation sites excluding steroid dienone is 2. The van der Waals surface area contributed by atoms with Gasteiger partial charge in [0.25, 0.3) is 0 Å². The number of rotatable bonds is 7. The molecule has 0 bridgehead atoms. The zero-order valence-electron chi connectivity index (χ0n) is 27.9. The summed E-state index contributed by atoms with van der Waals surface area (Å²) >= 11 is 0. The molecule has 0 aliphatic carbocycles. The number of benzene rings is 6. The summed E-state index contributed by atoms with van der Waals surface area (Å²) in [6, 6.07) is 47.7. The van der Waals surface area contributed by atoms with Crippen LogP contribution in [0.15, 0.2) is 151 Å². The van der Waals surface area contributed by atoms with E-state index in [0.29, 0.717) is 24.2 Å². The van der Waals surface area contributed by atoms with Crippen LogP contribution in [0.25, 0.3) is 49.4 Å². The van der Waals surface area contributed by atoms with Crippen molar-refractivity contribution in [1.29, 1.82) is 0 Å². The van der Waals surface area contributed by atoms with Crippen LogP contribution >= 0.6 is 0 Å². The van der Waals surface area contributed by atoms with Gasteiger partial charge in [-0.05, 0) is 72.0 Å². The first kappa shape index (κ1) is 31.2. The highest BCUT2D eigenvalue weighted by Gasteiger charge is 2.34. The van der Waals surface area contributed by atoms with Crippen LogP contribution < -0.4 is 0 Å². The molecule has 1 aliphatic heterocycles. The molecule has 0 fully saturated rings. The molecule has 7 aromatic carbocycles. The topological polar surface area (TPSA) is 37.1 Å². The number of hydrogen-bond acceptors (Lipinski definition) is 2. The summed E-state index contributed by atoms with van der Waals surface area (Å²) in [4.78, 5) is 28.4. The van der Waals surface area contributed by atoms with E-state index in [4.69, 9.17) is 0 Å². The van der Waals surface area contributed by atoms with Crippen LogP contribution in [0.4, 0.5) is 4.39 Å². The van der Waals surface area contributed by atoms with E-state index in [2.05, 4.69) is 66.7 Å². The van der Waals surface area contributed by atoms with Crippen LogP contribution in [-0.2, 0) is 16.0 Å². The van der Waals surface area contributed by atoms with Crippen LogP contribution in [0, 0.1) is 5.82 Å². The van der Waals surface area contributed by atoms with E-state index in [1.807, 2.05) is 59.2 Å². The largest absolute Gasteiger partial charge is 0.327 e. The Morgan fingerprint density at radius 2 is 1.10 bits per heavy atom. The minimum Gasteiger partial charge on any atom is -0.327 e. The van der Waals surface area contributed by atoms with Gasteiger partial charge in [0.2, 0.25) is 11.4 Å². The normalized spacial score (nSPS) is 13.3. The lowest BCUT2D eigenvalue weighted by Gasteiger charge is -2.23. The van der Waals surface area contributed by atoms with Crippen molar-refractivity contribution in [2.45, 2.75) is 20.3 Å². The Hall–Kier alpha value is -6.13. The average molecular weight is 652 g/mol. The number of ketones is 2. The van der Waals surface area contributed by atoms with Gasteiger partial charge in [-0.2, -0.15) is 0 Å². The molecule has 7 aromatic rings. The standard InChI is InChI=1S/C46H34FNO2/c1-29(49)43(45(30(2)50)48-26-25-33-15-9-10-16-38(33)46(48)34-17-21-37(47)22-18-34)44-41-27-35(31-11-5-3-6-12-31)19-23-39(41)40-24-20-36(28-42(40)44)32-13-7-4-8-14-32/h3-24,27-28H,25-26H2,1-2H3/b45-43+. The number of fused-ring (bicyclic) bond motifs is 4. The van der Waals surface area contributed by atoms with E-state index in [1.165, 1.54) is 12.1 Å². The fraction of sp³-hybridized carbons (Fsp3) is 0.0870. The number of hydrogen-bond donors (Lipinski definition) is 0. The van der Waals surface area contributed by atoms with E-state index in [1.54, 1.807) is 26.0 Å². The van der Waals surface area contributed by atoms with Gasteiger partial charge in [0.1, 0.15) is 18.1 Å². The van der Waals surface area contributed by atoms with Crippen LogP contribution in [0.5, 0.6) is 0 Å². The Morgan fingerprint density at radius 1 is 0.580 bits per heavy atom. The van der Waals surface area contributed by atoms with Gasteiger partial charge in [-0.25, -0.2) is 8.97 Å². The fourth-order valence-electron chi connectivity index (χ4n) is 7.57. The van der Waals surface area contributed by atoms with Crippen molar-refractivity contribution in [3.8, 4) is 22.3 Å². The highest BCUT2D eigenvalue weighted by Crippen LogP contribution is 2.43. The lowest BCUT2D eigenvalue weighted by molar-refractivity contribution is -0.470. The molecule has 0 aromatic heterocycles. The summed E-state index contributed by atoms with van der Waals surface area (Å²) in [5, 5.41) is 3.86. The van der Waals surface area contributed by atoms with Crippen molar-refractivity contribution >= 4 is 44.4 Å². The van der Waals surface area contributed by atoms with Crippen LogP contribution in [-0.4, -0.2) is 28.4 Å². The molecule has 0 saturated heterocycles. The summed E-state index contributed by atoms with van der Waals surface area (Å²) in [5.41, 5.74) is 9.31. The van der Waals surface area contributed by atoms with Crippen LogP contribution in [0.3, 0.4) is 0 Å². The first-order valence-corrected chi connectivity index (χ1v) is 16.9. The summed E-state index contributed by atoms with van der Waals surface area (Å²) < 4.78 is 16.2. The predicted octanol–water partition coefficient (Wildman–Crippen LogP) is 10.2. The Morgan fingerprint density at radius 3 is 1.64 bits per heavy atom. The van der Waals surface area contributed by atoms with E-state index in [0.717, 1.165) is 71.8 Å². The fourth-order valence-corrected chi connectivity index (χ4v) is 7.57. The Labute approximate surface area is 290 Å². The molecule has 0 unspecified atom stereocenters. The van der Waals surface area contributed by atoms with E-state index in [9.17, 15) is 14.0 Å². The number of halogens is 1. The molecular weight excluding hydrogens is 618 g/mol. The molecule has 4 heteroatoms. The van der Waals surface area contributed by atoms with Gasteiger partial charge in [-0.3, -0.25) is 4.79 Å². The molecule has 1 heterocycles. The molecule has 8 rings (SSSR count). The zero-order valence-corrected chi connectivity index (χ0v) is 27.9. The number of carbonyl (C=O) groups is 2. The third-order valence-corrected chi connectivity index (χ3v) is 9.79. The Kier molecular flexibility index (Phi) is 7.93. The molecule has 1 aliphatic rings. The molecule has 0 saturated carbocycles. The average Bonchev–Trinajstić information content (AvgIpc) is 3.46. The SMILES string of the molecule is CC(=O)/C(=C(/C(C)=O)[N+]1=C(c2ccc(F)cc2)c2ccccc2CC1)[c-]1c2cc(-c3ccccc3)ccc2c2ccc(-c3ccccc3)cc21. The molecule has 242 valence electrons. The number of nitrogens with zero attached hydrogens (tertiary/aromatic N) is 1. The molecular formula is C46H34FNO2. The zero-order chi connectivity index (χ0) is 34.4. The summed E-state index contributed by atoms with van der Waals surface area (Å²) in [7, 11) is 0. The van der Waals surface area contributed by atoms with Crippen molar-refractivity contribution in [2.24, 2.45) is 0 Å². The van der Waals surface area contributed by atoms with Gasteiger partial charge in [0, 0.05) is 23.1 Å². The van der Waals surface area contributed by atoms with Gasteiger partial charge in [0.15, 0.2) is 5.78 Å². The predicted molar refractivity (Wildman–Crippen MR) is 201 cm³/mol. The quantitative estimate of drug-likeness (QED) is 0.0977. The van der Waals surface area contributed by atoms with Gasteiger partial charge in [0.05, 0.1) is 0 Å². The van der Waals surface area contributed by atoms with Crippen LogP contribution in [0.2, 0.25) is 0 Å². The number of carbonyl (C=O) groups excluding carboxylic acids is 2. The highest BCUT2D eigenvalue weighted by atomic mass is 19.1. The van der Waals surface area contributed by atoms with Crippen molar-refractivity contribution < 1.29 is 18.6 Å². The molecule has 0 radical (unpaired) electrons. The lowest BCUT2D eigenvalue weighted by atomic mass is 9.89. The Balaban J connectivity index is 1.52. The third-order valence-electron chi connectivity index (χ3n) is 9.79. The van der Waals surface area contributed by atoms with Crippen molar-refractivity contribution in [1.82, 2.24) is 0 Å². The van der Waals surface area contributed by atoms with Gasteiger partial charge in [-0.15, -0.1) is 0 Å². The molecule has 0 N–H and O–H groups in total. The van der Waals surface area contributed by atoms with Crippen LogP contribution in [0.1, 0.15) is 36.1 Å². The first-order valence-electron chi connectivity index (χ1n) is 16.9. The molecule has 3 nitrogen and oxygen atoms in total. The number of Topliss-reactive ketones (excluding diaryl/α,β-unsaturated/α-hetero) is 2. The molecule has 50 heavy (non-hydrogen) atoms. The van der Waals surface area contributed by atoms with Gasteiger partial charge >= 0.3 is 0 Å². The minimum atomic E-state index is -0.338. The third kappa shape index (κ3) is 5.39. The second-order valence-corrected chi connectivity index (χ2v) is 12.9. The van der Waals surface area contributed by atoms with Crippen molar-refractivity contribution in [3.63, 3.8) is 0 Å². The maximum atomic E-state index is 14.3. The summed E-state index contributed by atoms with van der Waals surface area (Å²) in [6.45, 7) is 3.58. The summed E-state index contributed by atoms with van der Waals surface area (Å²) in [5.74, 6) is -0.749. The Bertz CT molecular complexity index is 2420. The maximum absolute atomic E-state index is 14.3. The highest BCUT2D eigenvalue weighted by molar-refractivity contribution is 6.34. The lowest BCUT2D eigenvalue weighted by Crippen LogP contribution is -2.33. The monoisotopic (exact) mass is 651 g/mol. The minimum absolute atomic E-state index is 0.198. The van der Waals surface area contributed by atoms with E-state index in [-0.39, 0.29) is 17.4 Å². The molecule has 0 atom stereocenters. The van der Waals surface area contributed by atoms with E-state index >= 15 is 0 Å². The van der Waals surface area contributed by atoms with Gasteiger partial charge in [-0.1, -0.05) is 142 Å². The second-order valence-electron chi connectivity index (χ2n) is 12.9. The summed E-state index contributed by atoms with van der Waals surface area (Å²) in [6.07, 6.45) is 0.682. The van der Waals surface area contributed by atoms with Gasteiger partial charge < -0.3 is 4.79 Å². The van der Waals surface area contributed by atoms with Crippen molar-refractivity contribution in [3.05, 3.63) is 179 Å². The van der Waals surface area contributed by atoms with E-state index < -0.39 is 0 Å². The second kappa shape index (κ2) is 12.7. The first-order chi connectivity index (χ1) is 24.4. The van der Waals surface area contributed by atoms with Crippen molar-refractivity contribution in [2.75, 3.05) is 6.54 Å². The molecule has 0 spiro atoms. The molecule has 0 amide bonds. The maximum Gasteiger partial charge on any atom is 0.215 e.